The van der Waals surface area contributed by atoms with Crippen molar-refractivity contribution in [3.05, 3.63) is 70.5 Å². The highest BCUT2D eigenvalue weighted by atomic mass is 16.5. The number of likely N-dealkylation sites (tertiary alicyclic amines) is 1. The Balaban J connectivity index is 1.46. The molecule has 6 nitrogen and oxygen atoms in total. The van der Waals surface area contributed by atoms with Crippen LogP contribution in [0.3, 0.4) is 0 Å². The summed E-state index contributed by atoms with van der Waals surface area (Å²) in [6, 6.07) is 15.9. The van der Waals surface area contributed by atoms with Crippen molar-refractivity contribution in [2.45, 2.75) is 6.10 Å². The number of nitrogens with zero attached hydrogens (tertiary/aromatic N) is 1. The van der Waals surface area contributed by atoms with Gasteiger partial charge in [-0.3, -0.25) is 9.59 Å². The lowest BCUT2D eigenvalue weighted by Gasteiger charge is -2.39. The number of ether oxygens (including phenoxy) is 2. The van der Waals surface area contributed by atoms with Gasteiger partial charge in [-0.1, -0.05) is 24.3 Å². The molecule has 0 bridgehead atoms. The molecule has 0 unspecified atom stereocenters. The Morgan fingerprint density at radius 2 is 1.77 bits per heavy atom. The zero-order valence-electron chi connectivity index (χ0n) is 14.3. The molecule has 3 aromatic rings. The fourth-order valence-corrected chi connectivity index (χ4v) is 3.06. The van der Waals surface area contributed by atoms with Crippen molar-refractivity contribution in [2.75, 3.05) is 20.2 Å². The van der Waals surface area contributed by atoms with Crippen molar-refractivity contribution in [3.8, 4) is 11.5 Å². The fourth-order valence-electron chi connectivity index (χ4n) is 3.06. The Hall–Kier alpha value is -3.28. The van der Waals surface area contributed by atoms with E-state index in [2.05, 4.69) is 4.98 Å². The van der Waals surface area contributed by atoms with E-state index in [1.165, 1.54) is 6.07 Å². The van der Waals surface area contributed by atoms with E-state index >= 15 is 0 Å². The van der Waals surface area contributed by atoms with Crippen LogP contribution in [0.15, 0.2) is 59.4 Å². The number of carbonyl (C=O) groups excluding carboxylic acids is 1. The minimum atomic E-state index is -0.201. The van der Waals surface area contributed by atoms with Gasteiger partial charge in [0.25, 0.3) is 5.91 Å². The minimum Gasteiger partial charge on any atom is -0.493 e. The number of nitrogens with one attached hydrogen (secondary N) is 1. The second kappa shape index (κ2) is 6.55. The van der Waals surface area contributed by atoms with E-state index in [0.717, 1.165) is 0 Å². The number of para-hydroxylation sites is 3. The van der Waals surface area contributed by atoms with Crippen LogP contribution in [0.1, 0.15) is 10.5 Å². The largest absolute Gasteiger partial charge is 0.493 e. The first-order chi connectivity index (χ1) is 12.7. The molecule has 1 aliphatic heterocycles. The molecule has 2 heterocycles. The average molecular weight is 350 g/mol. The van der Waals surface area contributed by atoms with Crippen molar-refractivity contribution in [1.82, 2.24) is 9.88 Å². The molecule has 2 aromatic carbocycles. The molecule has 1 N–H and O–H groups in total. The van der Waals surface area contributed by atoms with Crippen molar-refractivity contribution in [1.29, 1.82) is 0 Å². The third kappa shape index (κ3) is 2.90. The van der Waals surface area contributed by atoms with Crippen molar-refractivity contribution in [3.63, 3.8) is 0 Å². The SMILES string of the molecule is COc1ccccc1OC1CN(C(=O)c2cc(=O)c3ccccc3[nH]2)C1. The number of rotatable bonds is 4. The van der Waals surface area contributed by atoms with Crippen LogP contribution in [0.5, 0.6) is 11.5 Å². The average Bonchev–Trinajstić information content (AvgIpc) is 2.64. The summed E-state index contributed by atoms with van der Waals surface area (Å²) in [4.78, 5) is 29.5. The maximum atomic E-state index is 12.6. The van der Waals surface area contributed by atoms with Gasteiger partial charge in [-0.05, 0) is 24.3 Å². The molecule has 1 amide bonds. The zero-order valence-corrected chi connectivity index (χ0v) is 14.3. The number of hydrogen-bond donors (Lipinski definition) is 1. The van der Waals surface area contributed by atoms with Crippen LogP contribution < -0.4 is 14.9 Å². The predicted molar refractivity (Wildman–Crippen MR) is 97.9 cm³/mol. The second-order valence-corrected chi connectivity index (χ2v) is 6.19. The summed E-state index contributed by atoms with van der Waals surface area (Å²) < 4.78 is 11.2. The van der Waals surface area contributed by atoms with Gasteiger partial charge in [-0.25, -0.2) is 0 Å². The first kappa shape index (κ1) is 16.2. The number of amides is 1. The standard InChI is InChI=1S/C20H18N2O4/c1-25-18-8-4-5-9-19(18)26-13-11-22(12-13)20(24)16-10-17(23)14-6-2-3-7-15(14)21-16/h2-10,13H,11-12H2,1H3,(H,21,23). The van der Waals surface area contributed by atoms with Gasteiger partial charge in [0.2, 0.25) is 0 Å². The predicted octanol–water partition coefficient (Wildman–Crippen LogP) is 2.44. The molecule has 6 heteroatoms. The van der Waals surface area contributed by atoms with Crippen LogP contribution in [0.2, 0.25) is 0 Å². The third-order valence-electron chi connectivity index (χ3n) is 4.47. The van der Waals surface area contributed by atoms with Gasteiger partial charge in [0.05, 0.1) is 20.2 Å². The Labute approximate surface area is 150 Å². The van der Waals surface area contributed by atoms with Crippen LogP contribution in [0.4, 0.5) is 0 Å². The van der Waals surface area contributed by atoms with E-state index in [-0.39, 0.29) is 17.4 Å². The summed E-state index contributed by atoms with van der Waals surface area (Å²) in [5.41, 5.74) is 0.792. The topological polar surface area (TPSA) is 71.6 Å². The molecular formula is C20H18N2O4. The smallest absolute Gasteiger partial charge is 0.270 e. The summed E-state index contributed by atoms with van der Waals surface area (Å²) in [5, 5.41) is 0.574. The molecule has 132 valence electrons. The third-order valence-corrected chi connectivity index (χ3v) is 4.47. The zero-order chi connectivity index (χ0) is 18.1. The van der Waals surface area contributed by atoms with E-state index in [4.69, 9.17) is 9.47 Å². The first-order valence-electron chi connectivity index (χ1n) is 8.37. The van der Waals surface area contributed by atoms with Gasteiger partial charge in [0, 0.05) is 17.0 Å². The minimum absolute atomic E-state index is 0.0950. The molecule has 0 saturated carbocycles. The van der Waals surface area contributed by atoms with Gasteiger partial charge >= 0.3 is 0 Å². The number of hydrogen-bond acceptors (Lipinski definition) is 4. The van der Waals surface area contributed by atoms with Gasteiger partial charge in [0.1, 0.15) is 11.8 Å². The summed E-state index contributed by atoms with van der Waals surface area (Å²) in [7, 11) is 1.59. The maximum absolute atomic E-state index is 12.6. The molecule has 1 fully saturated rings. The number of fused-ring (bicyclic) bond motifs is 1. The van der Waals surface area contributed by atoms with Crippen LogP contribution in [-0.2, 0) is 0 Å². The van der Waals surface area contributed by atoms with E-state index in [1.54, 1.807) is 30.2 Å². The molecule has 0 radical (unpaired) electrons. The van der Waals surface area contributed by atoms with Crippen molar-refractivity contribution in [2.24, 2.45) is 0 Å². The quantitative estimate of drug-likeness (QED) is 0.784. The highest BCUT2D eigenvalue weighted by Gasteiger charge is 2.33. The number of methoxy groups -OCH3 is 1. The van der Waals surface area contributed by atoms with Gasteiger partial charge in [0.15, 0.2) is 16.9 Å². The number of H-pyrrole nitrogens is 1. The molecule has 0 aliphatic carbocycles. The van der Waals surface area contributed by atoms with E-state index in [1.807, 2.05) is 30.3 Å². The molecule has 26 heavy (non-hydrogen) atoms. The lowest BCUT2D eigenvalue weighted by Crippen LogP contribution is -2.56. The Morgan fingerprint density at radius 3 is 2.54 bits per heavy atom. The Bertz CT molecular complexity index is 1020. The highest BCUT2D eigenvalue weighted by molar-refractivity contribution is 5.95. The Kier molecular flexibility index (Phi) is 4.08. The molecule has 1 aliphatic rings. The number of aromatic nitrogens is 1. The van der Waals surface area contributed by atoms with Gasteiger partial charge < -0.3 is 19.4 Å². The van der Waals surface area contributed by atoms with E-state index in [9.17, 15) is 9.59 Å². The molecule has 4 rings (SSSR count). The summed E-state index contributed by atoms with van der Waals surface area (Å²) >= 11 is 0. The monoisotopic (exact) mass is 350 g/mol. The lowest BCUT2D eigenvalue weighted by molar-refractivity contribution is 0.0164. The number of carbonyl (C=O) groups is 1. The van der Waals surface area contributed by atoms with Crippen LogP contribution in [-0.4, -0.2) is 42.1 Å². The number of benzene rings is 2. The van der Waals surface area contributed by atoms with Crippen LogP contribution in [0.25, 0.3) is 10.9 Å². The van der Waals surface area contributed by atoms with Crippen molar-refractivity contribution < 1.29 is 14.3 Å². The fraction of sp³-hybridized carbons (Fsp3) is 0.200. The molecule has 1 saturated heterocycles. The van der Waals surface area contributed by atoms with Crippen molar-refractivity contribution >= 4 is 16.8 Å². The van der Waals surface area contributed by atoms with Gasteiger partial charge in [-0.15, -0.1) is 0 Å². The van der Waals surface area contributed by atoms with E-state index < -0.39 is 0 Å². The van der Waals surface area contributed by atoms with Crippen LogP contribution >= 0.6 is 0 Å². The summed E-state index contributed by atoms with van der Waals surface area (Å²) in [5.74, 6) is 1.12. The molecule has 0 atom stereocenters. The second-order valence-electron chi connectivity index (χ2n) is 6.19. The van der Waals surface area contributed by atoms with Gasteiger partial charge in [-0.2, -0.15) is 0 Å². The van der Waals surface area contributed by atoms with E-state index in [0.29, 0.717) is 41.2 Å². The normalized spacial score (nSPS) is 14.1. The highest BCUT2D eigenvalue weighted by Crippen LogP contribution is 2.29. The summed E-state index contributed by atoms with van der Waals surface area (Å²) in [6.07, 6.45) is -0.0950. The number of aromatic amines is 1. The molecule has 0 spiro atoms. The Morgan fingerprint density at radius 1 is 1.08 bits per heavy atom. The van der Waals surface area contributed by atoms with Crippen LogP contribution in [0, 0.1) is 0 Å². The molecular weight excluding hydrogens is 332 g/mol. The lowest BCUT2D eigenvalue weighted by atomic mass is 10.1. The first-order valence-corrected chi connectivity index (χ1v) is 8.37. The summed E-state index contributed by atoms with van der Waals surface area (Å²) in [6.45, 7) is 0.928. The molecule has 1 aromatic heterocycles. The number of pyridine rings is 1. The maximum Gasteiger partial charge on any atom is 0.270 e.